The Morgan fingerprint density at radius 2 is 1.93 bits per heavy atom. The van der Waals surface area contributed by atoms with E-state index < -0.39 is 0 Å². The van der Waals surface area contributed by atoms with Gasteiger partial charge in [-0.15, -0.1) is 0 Å². The molecule has 1 fully saturated rings. The summed E-state index contributed by atoms with van der Waals surface area (Å²) >= 11 is 0. The van der Waals surface area contributed by atoms with Crippen LogP contribution in [0.25, 0.3) is 0 Å². The molecule has 0 spiro atoms. The lowest BCUT2D eigenvalue weighted by Crippen LogP contribution is -2.39. The Morgan fingerprint density at radius 1 is 1.27 bits per heavy atom. The summed E-state index contributed by atoms with van der Waals surface area (Å²) in [6.45, 7) is 6.07. The molecule has 0 aromatic heterocycles. The molecule has 1 saturated carbocycles. The number of hydrogen-bond donors (Lipinski definition) is 2. The third kappa shape index (κ3) is 4.49. The highest BCUT2D eigenvalue weighted by Gasteiger charge is 2.31. The number of aliphatic hydroxyl groups excluding tert-OH is 1. The van der Waals surface area contributed by atoms with Crippen LogP contribution >= 0.6 is 0 Å². The molecule has 1 rings (SSSR count). The first-order chi connectivity index (χ1) is 7.18. The van der Waals surface area contributed by atoms with Crippen LogP contribution in [-0.2, 0) is 4.84 Å². The van der Waals surface area contributed by atoms with Gasteiger partial charge in [-0.2, -0.15) is 0 Å². The Labute approximate surface area is 93.2 Å². The minimum Gasteiger partial charge on any atom is -0.396 e. The summed E-state index contributed by atoms with van der Waals surface area (Å²) in [5.74, 6) is 0.550. The summed E-state index contributed by atoms with van der Waals surface area (Å²) in [5, 5.41) is 9.45. The SMILES string of the molecule is CC(C)CONCC1(CO)CCCCC1. The number of hydrogen-bond acceptors (Lipinski definition) is 3. The van der Waals surface area contributed by atoms with Crippen molar-refractivity contribution in [2.75, 3.05) is 19.8 Å². The summed E-state index contributed by atoms with van der Waals surface area (Å²) < 4.78 is 0. The van der Waals surface area contributed by atoms with Crippen molar-refractivity contribution >= 4 is 0 Å². The number of nitrogens with one attached hydrogen (secondary N) is 1. The van der Waals surface area contributed by atoms with E-state index in [4.69, 9.17) is 4.84 Å². The summed E-state index contributed by atoms with van der Waals surface area (Å²) in [4.78, 5) is 5.36. The maximum absolute atomic E-state index is 9.45. The lowest BCUT2D eigenvalue weighted by Gasteiger charge is -2.35. The first-order valence-electron chi connectivity index (χ1n) is 6.14. The monoisotopic (exact) mass is 215 g/mol. The van der Waals surface area contributed by atoms with Crippen molar-refractivity contribution < 1.29 is 9.94 Å². The molecule has 1 aliphatic rings. The van der Waals surface area contributed by atoms with Gasteiger partial charge in [0.05, 0.1) is 6.61 Å². The van der Waals surface area contributed by atoms with Crippen molar-refractivity contribution in [3.63, 3.8) is 0 Å². The zero-order valence-corrected chi connectivity index (χ0v) is 10.1. The summed E-state index contributed by atoms with van der Waals surface area (Å²) in [6, 6.07) is 0. The first kappa shape index (κ1) is 12.9. The molecule has 0 aromatic carbocycles. The van der Waals surface area contributed by atoms with E-state index in [0.29, 0.717) is 5.92 Å². The van der Waals surface area contributed by atoms with Crippen molar-refractivity contribution in [1.82, 2.24) is 5.48 Å². The van der Waals surface area contributed by atoms with Gasteiger partial charge in [0.1, 0.15) is 0 Å². The number of hydroxylamine groups is 1. The maximum Gasteiger partial charge on any atom is 0.0705 e. The summed E-state index contributed by atoms with van der Waals surface area (Å²) in [7, 11) is 0. The predicted octanol–water partition coefficient (Wildman–Crippen LogP) is 2.11. The molecular weight excluding hydrogens is 190 g/mol. The lowest BCUT2D eigenvalue weighted by molar-refractivity contribution is -0.0221. The second-order valence-electron chi connectivity index (χ2n) is 5.24. The molecule has 0 unspecified atom stereocenters. The van der Waals surface area contributed by atoms with Crippen LogP contribution in [0.4, 0.5) is 0 Å². The predicted molar refractivity (Wildman–Crippen MR) is 61.4 cm³/mol. The van der Waals surface area contributed by atoms with Crippen LogP contribution in [0.2, 0.25) is 0 Å². The number of aliphatic hydroxyl groups is 1. The molecule has 0 amide bonds. The van der Waals surface area contributed by atoms with Crippen molar-refractivity contribution in [3.05, 3.63) is 0 Å². The molecule has 2 N–H and O–H groups in total. The van der Waals surface area contributed by atoms with E-state index in [2.05, 4.69) is 19.3 Å². The van der Waals surface area contributed by atoms with E-state index in [1.807, 2.05) is 0 Å². The second-order valence-corrected chi connectivity index (χ2v) is 5.24. The third-order valence-corrected chi connectivity index (χ3v) is 3.22. The number of rotatable bonds is 6. The molecular formula is C12H25NO2. The molecule has 90 valence electrons. The van der Waals surface area contributed by atoms with Gasteiger partial charge < -0.3 is 9.94 Å². The van der Waals surface area contributed by atoms with Gasteiger partial charge in [0, 0.05) is 18.6 Å². The molecule has 3 heteroatoms. The molecule has 1 aliphatic carbocycles. The van der Waals surface area contributed by atoms with E-state index in [0.717, 1.165) is 26.0 Å². The van der Waals surface area contributed by atoms with Gasteiger partial charge in [-0.1, -0.05) is 33.1 Å². The fourth-order valence-electron chi connectivity index (χ4n) is 2.12. The molecule has 0 saturated heterocycles. The van der Waals surface area contributed by atoms with E-state index >= 15 is 0 Å². The summed E-state index contributed by atoms with van der Waals surface area (Å²) in [6.07, 6.45) is 6.05. The van der Waals surface area contributed by atoms with Gasteiger partial charge in [-0.05, 0) is 18.8 Å². The van der Waals surface area contributed by atoms with Gasteiger partial charge >= 0.3 is 0 Å². The fourth-order valence-corrected chi connectivity index (χ4v) is 2.12. The molecule has 0 heterocycles. The minimum atomic E-state index is 0.0786. The Balaban J connectivity index is 2.20. The van der Waals surface area contributed by atoms with Crippen molar-refractivity contribution in [2.24, 2.45) is 11.3 Å². The Bertz CT molecular complexity index is 165. The van der Waals surface area contributed by atoms with Crippen LogP contribution < -0.4 is 5.48 Å². The maximum atomic E-state index is 9.45. The molecule has 0 atom stereocenters. The topological polar surface area (TPSA) is 41.5 Å². The molecule has 0 radical (unpaired) electrons. The van der Waals surface area contributed by atoms with Crippen LogP contribution in [0.3, 0.4) is 0 Å². The second kappa shape index (κ2) is 6.46. The highest BCUT2D eigenvalue weighted by molar-refractivity contribution is 4.83. The van der Waals surface area contributed by atoms with E-state index in [9.17, 15) is 5.11 Å². The zero-order chi connectivity index (χ0) is 11.1. The fraction of sp³-hybridized carbons (Fsp3) is 1.00. The highest BCUT2D eigenvalue weighted by Crippen LogP contribution is 2.35. The Kier molecular flexibility index (Phi) is 5.58. The van der Waals surface area contributed by atoms with Crippen LogP contribution in [0.1, 0.15) is 46.0 Å². The normalized spacial score (nSPS) is 20.8. The van der Waals surface area contributed by atoms with E-state index in [1.165, 1.54) is 19.3 Å². The average Bonchev–Trinajstić information content (AvgIpc) is 2.26. The molecule has 0 bridgehead atoms. The van der Waals surface area contributed by atoms with Crippen molar-refractivity contribution in [2.45, 2.75) is 46.0 Å². The van der Waals surface area contributed by atoms with Gasteiger partial charge in [-0.3, -0.25) is 0 Å². The smallest absolute Gasteiger partial charge is 0.0705 e. The molecule has 0 aliphatic heterocycles. The standard InChI is InChI=1S/C12H25NO2/c1-11(2)8-15-13-9-12(10-14)6-4-3-5-7-12/h11,13-14H,3-10H2,1-2H3. The Morgan fingerprint density at radius 3 is 2.47 bits per heavy atom. The van der Waals surface area contributed by atoms with Crippen LogP contribution in [0.15, 0.2) is 0 Å². The van der Waals surface area contributed by atoms with Gasteiger partial charge in [-0.25, -0.2) is 5.48 Å². The van der Waals surface area contributed by atoms with Gasteiger partial charge in [0.2, 0.25) is 0 Å². The third-order valence-electron chi connectivity index (χ3n) is 3.22. The van der Waals surface area contributed by atoms with Crippen LogP contribution in [0, 0.1) is 11.3 Å². The van der Waals surface area contributed by atoms with Crippen molar-refractivity contribution in [1.29, 1.82) is 0 Å². The average molecular weight is 215 g/mol. The highest BCUT2D eigenvalue weighted by atomic mass is 16.6. The summed E-state index contributed by atoms with van der Waals surface area (Å²) in [5.41, 5.74) is 3.10. The lowest BCUT2D eigenvalue weighted by atomic mass is 9.75. The molecule has 15 heavy (non-hydrogen) atoms. The first-order valence-corrected chi connectivity index (χ1v) is 6.14. The molecule has 0 aromatic rings. The van der Waals surface area contributed by atoms with Gasteiger partial charge in [0.25, 0.3) is 0 Å². The largest absolute Gasteiger partial charge is 0.396 e. The van der Waals surface area contributed by atoms with Crippen molar-refractivity contribution in [3.8, 4) is 0 Å². The Hall–Kier alpha value is -0.120. The van der Waals surface area contributed by atoms with E-state index in [-0.39, 0.29) is 12.0 Å². The van der Waals surface area contributed by atoms with Gasteiger partial charge in [0.15, 0.2) is 0 Å². The van der Waals surface area contributed by atoms with Crippen LogP contribution in [-0.4, -0.2) is 24.9 Å². The quantitative estimate of drug-likeness (QED) is 0.526. The van der Waals surface area contributed by atoms with E-state index in [1.54, 1.807) is 0 Å². The molecule has 3 nitrogen and oxygen atoms in total. The van der Waals surface area contributed by atoms with Crippen LogP contribution in [0.5, 0.6) is 0 Å². The zero-order valence-electron chi connectivity index (χ0n) is 10.1. The minimum absolute atomic E-state index is 0.0786.